The van der Waals surface area contributed by atoms with Gasteiger partial charge in [0.1, 0.15) is 5.69 Å². The fourth-order valence-electron chi connectivity index (χ4n) is 0.990. The number of esters is 1. The molecule has 0 aromatic heterocycles. The molecule has 0 unspecified atom stereocenters. The zero-order valence-corrected chi connectivity index (χ0v) is 9.52. The molecular weight excluding hydrogens is 262 g/mol. The minimum Gasteiger partial charge on any atom is -0.466 e. The Labute approximate surface area is 95.0 Å². The Morgan fingerprint density at radius 3 is 2.87 bits per heavy atom. The topological polar surface area (TPSA) is 55.7 Å². The fourth-order valence-corrected chi connectivity index (χ4v) is 1.48. The van der Waals surface area contributed by atoms with Crippen LogP contribution < -0.4 is 0 Å². The van der Waals surface area contributed by atoms with E-state index in [-0.39, 0.29) is 5.69 Å². The molecule has 0 N–H and O–H groups in total. The molecule has 0 fully saturated rings. The van der Waals surface area contributed by atoms with Crippen molar-refractivity contribution < 1.29 is 9.53 Å². The molecule has 0 aliphatic carbocycles. The van der Waals surface area contributed by atoms with Gasteiger partial charge in [0.05, 0.1) is 7.11 Å². The zero-order valence-electron chi connectivity index (χ0n) is 7.94. The number of rotatable bonds is 3. The summed E-state index contributed by atoms with van der Waals surface area (Å²) in [5.41, 5.74) is 0.822. The van der Waals surface area contributed by atoms with Gasteiger partial charge in [0.25, 0.3) is 0 Å². The second kappa shape index (κ2) is 5.41. The van der Waals surface area contributed by atoms with Crippen LogP contribution in [0.2, 0.25) is 0 Å². The van der Waals surface area contributed by atoms with Gasteiger partial charge >= 0.3 is 5.97 Å². The summed E-state index contributed by atoms with van der Waals surface area (Å²) in [5.74, 6) is -0.484. The maximum absolute atomic E-state index is 10.9. The average molecular weight is 270 g/mol. The second-order valence-corrected chi connectivity index (χ2v) is 3.47. The van der Waals surface area contributed by atoms with E-state index in [1.54, 1.807) is 18.2 Å². The van der Waals surface area contributed by atoms with Gasteiger partial charge in [-0.3, -0.25) is 0 Å². The number of nitrogens with zero attached hydrogens (tertiary/aromatic N) is 1. The minimum absolute atomic E-state index is 0.268. The van der Waals surface area contributed by atoms with Crippen LogP contribution in [0.5, 0.6) is 0 Å². The highest BCUT2D eigenvalue weighted by Gasteiger charge is 2.04. The van der Waals surface area contributed by atoms with Gasteiger partial charge in [0.15, 0.2) is 0 Å². The molecule has 0 aliphatic heterocycles. The SMILES string of the molecule is COC(=O)/C=C/c1c(Br)cccc1N=O. The van der Waals surface area contributed by atoms with Gasteiger partial charge in [0.2, 0.25) is 0 Å². The van der Waals surface area contributed by atoms with Gasteiger partial charge in [-0.25, -0.2) is 4.79 Å². The third-order valence-electron chi connectivity index (χ3n) is 1.72. The maximum Gasteiger partial charge on any atom is 0.330 e. The smallest absolute Gasteiger partial charge is 0.330 e. The van der Waals surface area contributed by atoms with Crippen LogP contribution in [-0.4, -0.2) is 13.1 Å². The molecule has 5 heteroatoms. The monoisotopic (exact) mass is 269 g/mol. The lowest BCUT2D eigenvalue weighted by Gasteiger charge is -1.99. The number of benzene rings is 1. The van der Waals surface area contributed by atoms with Crippen LogP contribution in [0.3, 0.4) is 0 Å². The van der Waals surface area contributed by atoms with Crippen molar-refractivity contribution in [3.8, 4) is 0 Å². The zero-order chi connectivity index (χ0) is 11.3. The summed E-state index contributed by atoms with van der Waals surface area (Å²) in [5, 5.41) is 2.85. The molecule has 0 aliphatic rings. The van der Waals surface area contributed by atoms with Crippen molar-refractivity contribution in [3.05, 3.63) is 39.2 Å². The largest absolute Gasteiger partial charge is 0.466 e. The van der Waals surface area contributed by atoms with Crippen LogP contribution in [0.25, 0.3) is 6.08 Å². The Morgan fingerprint density at radius 1 is 1.53 bits per heavy atom. The molecule has 0 spiro atoms. The van der Waals surface area contributed by atoms with E-state index in [2.05, 4.69) is 25.8 Å². The average Bonchev–Trinajstić information content (AvgIpc) is 2.26. The quantitative estimate of drug-likeness (QED) is 0.482. The third-order valence-corrected chi connectivity index (χ3v) is 2.41. The predicted octanol–water partition coefficient (Wildman–Crippen LogP) is 3.03. The Kier molecular flexibility index (Phi) is 4.17. The fraction of sp³-hybridized carbons (Fsp3) is 0.100. The molecule has 0 bridgehead atoms. The molecule has 0 saturated carbocycles. The summed E-state index contributed by atoms with van der Waals surface area (Å²) in [6.07, 6.45) is 2.71. The van der Waals surface area contributed by atoms with E-state index < -0.39 is 5.97 Å². The van der Waals surface area contributed by atoms with Crippen LogP contribution in [0.15, 0.2) is 33.9 Å². The molecule has 15 heavy (non-hydrogen) atoms. The van der Waals surface area contributed by atoms with E-state index in [1.807, 2.05) is 0 Å². The van der Waals surface area contributed by atoms with Gasteiger partial charge in [-0.05, 0) is 23.4 Å². The van der Waals surface area contributed by atoms with Crippen LogP contribution in [0, 0.1) is 4.91 Å². The highest BCUT2D eigenvalue weighted by molar-refractivity contribution is 9.10. The predicted molar refractivity (Wildman–Crippen MR) is 60.6 cm³/mol. The summed E-state index contributed by atoms with van der Waals surface area (Å²) in [7, 11) is 1.28. The summed E-state index contributed by atoms with van der Waals surface area (Å²) >= 11 is 3.26. The highest BCUT2D eigenvalue weighted by Crippen LogP contribution is 2.28. The van der Waals surface area contributed by atoms with Crippen molar-refractivity contribution in [2.75, 3.05) is 7.11 Å². The summed E-state index contributed by atoms with van der Waals surface area (Å²) in [4.78, 5) is 21.3. The molecule has 0 atom stereocenters. The normalized spacial score (nSPS) is 10.3. The second-order valence-electron chi connectivity index (χ2n) is 2.62. The minimum atomic E-state index is -0.484. The molecule has 0 radical (unpaired) electrons. The summed E-state index contributed by atoms with van der Waals surface area (Å²) in [6.45, 7) is 0. The number of hydrogen-bond acceptors (Lipinski definition) is 4. The molecular formula is C10H8BrNO3. The molecule has 1 aromatic carbocycles. The van der Waals surface area contributed by atoms with E-state index in [4.69, 9.17) is 0 Å². The van der Waals surface area contributed by atoms with Crippen molar-refractivity contribution in [1.29, 1.82) is 0 Å². The first-order chi connectivity index (χ1) is 7.19. The number of ether oxygens (including phenoxy) is 1. The lowest BCUT2D eigenvalue weighted by Crippen LogP contribution is -1.93. The lowest BCUT2D eigenvalue weighted by atomic mass is 10.1. The van der Waals surface area contributed by atoms with Gasteiger partial charge < -0.3 is 4.74 Å². The van der Waals surface area contributed by atoms with Gasteiger partial charge in [-0.1, -0.05) is 22.0 Å². The lowest BCUT2D eigenvalue weighted by molar-refractivity contribution is -0.134. The van der Waals surface area contributed by atoms with E-state index in [9.17, 15) is 9.70 Å². The van der Waals surface area contributed by atoms with Crippen LogP contribution in [0.1, 0.15) is 5.56 Å². The highest BCUT2D eigenvalue weighted by atomic mass is 79.9. The first-order valence-corrected chi connectivity index (χ1v) is 4.86. The van der Waals surface area contributed by atoms with Crippen LogP contribution in [-0.2, 0) is 9.53 Å². The van der Waals surface area contributed by atoms with E-state index in [0.717, 1.165) is 0 Å². The number of hydrogen-bond donors (Lipinski definition) is 0. The molecule has 4 nitrogen and oxygen atoms in total. The van der Waals surface area contributed by atoms with Crippen molar-refractivity contribution >= 4 is 33.7 Å². The Balaban J connectivity index is 3.07. The summed E-state index contributed by atoms with van der Waals surface area (Å²) < 4.78 is 5.13. The van der Waals surface area contributed by atoms with Gasteiger partial charge in [-0.2, -0.15) is 0 Å². The standard InChI is InChI=1S/C10H8BrNO3/c1-15-10(13)6-5-7-8(11)3-2-4-9(7)12-14/h2-6H,1H3/b6-5+. The third kappa shape index (κ3) is 2.99. The van der Waals surface area contributed by atoms with Gasteiger partial charge in [-0.15, -0.1) is 4.91 Å². The molecule has 0 amide bonds. The van der Waals surface area contributed by atoms with E-state index in [1.165, 1.54) is 19.3 Å². The molecule has 78 valence electrons. The first-order valence-electron chi connectivity index (χ1n) is 4.07. The number of nitroso groups, excluding NO2 is 1. The molecule has 1 rings (SSSR count). The number of halogens is 1. The number of methoxy groups -OCH3 is 1. The number of carbonyl (C=O) groups is 1. The molecule has 0 heterocycles. The van der Waals surface area contributed by atoms with Crippen molar-refractivity contribution in [1.82, 2.24) is 0 Å². The van der Waals surface area contributed by atoms with Crippen molar-refractivity contribution in [3.63, 3.8) is 0 Å². The summed E-state index contributed by atoms with van der Waals surface area (Å²) in [6, 6.07) is 5.01. The Morgan fingerprint density at radius 2 is 2.27 bits per heavy atom. The number of carbonyl (C=O) groups excluding carboxylic acids is 1. The molecule has 1 aromatic rings. The van der Waals surface area contributed by atoms with Crippen LogP contribution >= 0.6 is 15.9 Å². The van der Waals surface area contributed by atoms with E-state index >= 15 is 0 Å². The molecule has 0 saturated heterocycles. The van der Waals surface area contributed by atoms with Crippen molar-refractivity contribution in [2.45, 2.75) is 0 Å². The first kappa shape index (κ1) is 11.6. The van der Waals surface area contributed by atoms with Crippen LogP contribution in [0.4, 0.5) is 5.69 Å². The van der Waals surface area contributed by atoms with E-state index in [0.29, 0.717) is 10.0 Å². The Bertz CT molecular complexity index is 415. The maximum atomic E-state index is 10.9. The Hall–Kier alpha value is -1.49. The van der Waals surface area contributed by atoms with Crippen molar-refractivity contribution in [2.24, 2.45) is 5.18 Å². The van der Waals surface area contributed by atoms with Gasteiger partial charge in [0, 0.05) is 16.1 Å².